The summed E-state index contributed by atoms with van der Waals surface area (Å²) in [6, 6.07) is 17.3. The summed E-state index contributed by atoms with van der Waals surface area (Å²) in [5.74, 6) is -0.214. The molecule has 1 aromatic heterocycles. The number of carbonyl (C=O) groups is 1. The lowest BCUT2D eigenvalue weighted by atomic mass is 9.89. The molecule has 0 bridgehead atoms. The average Bonchev–Trinajstić information content (AvgIpc) is 3.33. The fourth-order valence-corrected chi connectivity index (χ4v) is 5.49. The summed E-state index contributed by atoms with van der Waals surface area (Å²) in [7, 11) is 1.90. The fourth-order valence-electron chi connectivity index (χ4n) is 5.24. The van der Waals surface area contributed by atoms with E-state index >= 15 is 0 Å². The Morgan fingerprint density at radius 3 is 2.63 bits per heavy atom. The summed E-state index contributed by atoms with van der Waals surface area (Å²) in [6.07, 6.45) is 1.40. The highest BCUT2D eigenvalue weighted by atomic mass is 35.5. The predicted molar refractivity (Wildman–Crippen MR) is 140 cm³/mol. The summed E-state index contributed by atoms with van der Waals surface area (Å²) >= 11 is 6.67. The molecule has 1 aliphatic heterocycles. The Morgan fingerprint density at radius 1 is 1.11 bits per heavy atom. The maximum Gasteiger partial charge on any atom is 0.326 e. The number of ether oxygens (including phenoxy) is 1. The van der Waals surface area contributed by atoms with Crippen LogP contribution in [-0.2, 0) is 11.8 Å². The Labute approximate surface area is 209 Å². The maximum atomic E-state index is 12.2. The zero-order chi connectivity index (χ0) is 24.7. The molecular weight excluding hydrogens is 462 g/mol. The highest BCUT2D eigenvalue weighted by Crippen LogP contribution is 2.48. The molecule has 0 saturated heterocycles. The maximum absolute atomic E-state index is 12.2. The number of nitrogens with one attached hydrogen (secondary N) is 1. The van der Waals surface area contributed by atoms with Gasteiger partial charge < -0.3 is 15.2 Å². The van der Waals surface area contributed by atoms with Gasteiger partial charge in [0.05, 0.1) is 17.3 Å². The van der Waals surface area contributed by atoms with Crippen LogP contribution in [0.5, 0.6) is 5.75 Å². The van der Waals surface area contributed by atoms with Gasteiger partial charge in [-0.2, -0.15) is 5.10 Å². The normalized spacial score (nSPS) is 16.8. The molecule has 6 nitrogen and oxygen atoms in total. The average molecular weight is 490 g/mol. The van der Waals surface area contributed by atoms with Gasteiger partial charge in [-0.25, -0.2) is 4.79 Å². The number of hydrogen-bond acceptors (Lipinski definition) is 4. The standard InChI is InChI=1S/C28H28ClN3O3/c1-16-24(17(2)32(3)31-16)25-22(29)14-13-21-20(27(28(33)34)30-26(21)25)11-7-15-35-23-12-6-9-18-8-4-5-10-19(18)23/h4-6,8-10,12-14,20,27,30H,7,11,15H2,1-3H3,(H,33,34). The smallest absolute Gasteiger partial charge is 0.326 e. The molecule has 0 saturated carbocycles. The number of fused-ring (bicyclic) bond motifs is 2. The van der Waals surface area contributed by atoms with E-state index in [4.69, 9.17) is 16.3 Å². The molecule has 35 heavy (non-hydrogen) atoms. The van der Waals surface area contributed by atoms with Crippen LogP contribution in [0.15, 0.2) is 54.6 Å². The monoisotopic (exact) mass is 489 g/mol. The lowest BCUT2D eigenvalue weighted by Crippen LogP contribution is -2.30. The van der Waals surface area contributed by atoms with Crippen molar-refractivity contribution in [3.8, 4) is 16.9 Å². The summed E-state index contributed by atoms with van der Waals surface area (Å²) in [5.41, 5.74) is 5.40. The minimum Gasteiger partial charge on any atom is -0.493 e. The van der Waals surface area contributed by atoms with Crippen molar-refractivity contribution in [3.63, 3.8) is 0 Å². The number of aryl methyl sites for hydroxylation is 2. The van der Waals surface area contributed by atoms with Crippen LogP contribution in [0.3, 0.4) is 0 Å². The Morgan fingerprint density at radius 2 is 1.89 bits per heavy atom. The minimum absolute atomic E-state index is 0.188. The molecule has 0 spiro atoms. The molecule has 0 aliphatic carbocycles. The molecule has 5 rings (SSSR count). The SMILES string of the molecule is Cc1nn(C)c(C)c1-c1c(Cl)ccc2c1NC(C(=O)O)C2CCCOc1cccc2ccccc12. The first-order chi connectivity index (χ1) is 16.9. The van der Waals surface area contributed by atoms with E-state index in [2.05, 4.69) is 28.6 Å². The predicted octanol–water partition coefficient (Wildman–Crippen LogP) is 6.33. The molecular formula is C28H28ClN3O3. The van der Waals surface area contributed by atoms with E-state index in [0.29, 0.717) is 18.1 Å². The molecule has 7 heteroatoms. The van der Waals surface area contributed by atoms with Gasteiger partial charge in [0.1, 0.15) is 11.8 Å². The number of anilines is 1. The van der Waals surface area contributed by atoms with Gasteiger partial charge in [-0.05, 0) is 49.8 Å². The van der Waals surface area contributed by atoms with E-state index in [-0.39, 0.29) is 5.92 Å². The summed E-state index contributed by atoms with van der Waals surface area (Å²) in [4.78, 5) is 12.2. The second kappa shape index (κ2) is 9.27. The summed E-state index contributed by atoms with van der Waals surface area (Å²) in [5, 5.41) is 20.6. The van der Waals surface area contributed by atoms with Crippen LogP contribution >= 0.6 is 11.6 Å². The van der Waals surface area contributed by atoms with Crippen molar-refractivity contribution < 1.29 is 14.6 Å². The zero-order valence-corrected chi connectivity index (χ0v) is 20.8. The van der Waals surface area contributed by atoms with E-state index in [9.17, 15) is 9.90 Å². The van der Waals surface area contributed by atoms with Crippen molar-refractivity contribution in [2.75, 3.05) is 11.9 Å². The van der Waals surface area contributed by atoms with Crippen LogP contribution in [0.25, 0.3) is 21.9 Å². The molecule has 2 N–H and O–H groups in total. The van der Waals surface area contributed by atoms with Gasteiger partial charge in [0.2, 0.25) is 0 Å². The fraction of sp³-hybridized carbons (Fsp3) is 0.286. The number of carboxylic acids is 1. The van der Waals surface area contributed by atoms with Gasteiger partial charge in [-0.1, -0.05) is 54.1 Å². The minimum atomic E-state index is -0.872. The third-order valence-electron chi connectivity index (χ3n) is 6.98. The quantitative estimate of drug-likeness (QED) is 0.296. The summed E-state index contributed by atoms with van der Waals surface area (Å²) < 4.78 is 7.93. The number of carboxylic acid groups (broad SMARTS) is 1. The zero-order valence-electron chi connectivity index (χ0n) is 20.0. The van der Waals surface area contributed by atoms with E-state index in [0.717, 1.165) is 56.7 Å². The number of nitrogens with zero attached hydrogens (tertiary/aromatic N) is 2. The number of benzene rings is 3. The van der Waals surface area contributed by atoms with Gasteiger partial charge >= 0.3 is 5.97 Å². The Bertz CT molecular complexity index is 1420. The van der Waals surface area contributed by atoms with Crippen molar-refractivity contribution in [2.24, 2.45) is 7.05 Å². The first kappa shape index (κ1) is 23.2. The van der Waals surface area contributed by atoms with Crippen molar-refractivity contribution in [2.45, 2.75) is 38.6 Å². The number of rotatable bonds is 7. The number of aromatic nitrogens is 2. The van der Waals surface area contributed by atoms with Crippen molar-refractivity contribution >= 4 is 34.0 Å². The molecule has 180 valence electrons. The third kappa shape index (κ3) is 4.12. The third-order valence-corrected chi connectivity index (χ3v) is 7.30. The molecule has 1 aliphatic rings. The number of hydrogen-bond donors (Lipinski definition) is 2. The second-order valence-corrected chi connectivity index (χ2v) is 9.50. The van der Waals surface area contributed by atoms with Crippen LogP contribution in [0, 0.1) is 13.8 Å². The van der Waals surface area contributed by atoms with E-state index in [1.807, 2.05) is 62.0 Å². The van der Waals surface area contributed by atoms with Crippen molar-refractivity contribution in [1.29, 1.82) is 0 Å². The topological polar surface area (TPSA) is 76.4 Å². The first-order valence-electron chi connectivity index (χ1n) is 11.8. The molecule has 2 unspecified atom stereocenters. The van der Waals surface area contributed by atoms with Crippen LogP contribution in [0.4, 0.5) is 5.69 Å². The lowest BCUT2D eigenvalue weighted by molar-refractivity contribution is -0.138. The van der Waals surface area contributed by atoms with Gasteiger partial charge in [0.25, 0.3) is 0 Å². The largest absolute Gasteiger partial charge is 0.493 e. The van der Waals surface area contributed by atoms with E-state index in [1.54, 1.807) is 0 Å². The lowest BCUT2D eigenvalue weighted by Gasteiger charge is -2.17. The highest BCUT2D eigenvalue weighted by Gasteiger charge is 2.39. The molecule has 2 atom stereocenters. The first-order valence-corrected chi connectivity index (χ1v) is 12.2. The highest BCUT2D eigenvalue weighted by molar-refractivity contribution is 6.34. The summed E-state index contributed by atoms with van der Waals surface area (Å²) in [6.45, 7) is 4.45. The van der Waals surface area contributed by atoms with Crippen molar-refractivity contribution in [3.05, 3.63) is 76.6 Å². The molecule has 0 radical (unpaired) electrons. The van der Waals surface area contributed by atoms with Crippen LogP contribution in [0.1, 0.15) is 35.7 Å². The van der Waals surface area contributed by atoms with Crippen LogP contribution < -0.4 is 10.1 Å². The van der Waals surface area contributed by atoms with Gasteiger partial charge in [-0.3, -0.25) is 4.68 Å². The van der Waals surface area contributed by atoms with Gasteiger partial charge in [0.15, 0.2) is 0 Å². The Kier molecular flexibility index (Phi) is 6.15. The van der Waals surface area contributed by atoms with Crippen LogP contribution in [-0.4, -0.2) is 33.5 Å². The van der Waals surface area contributed by atoms with E-state index < -0.39 is 12.0 Å². The van der Waals surface area contributed by atoms with Gasteiger partial charge in [-0.15, -0.1) is 0 Å². The van der Waals surface area contributed by atoms with Crippen LogP contribution in [0.2, 0.25) is 5.02 Å². The molecule has 0 fully saturated rings. The van der Waals surface area contributed by atoms with Crippen molar-refractivity contribution in [1.82, 2.24) is 9.78 Å². The Hall–Kier alpha value is -3.51. The second-order valence-electron chi connectivity index (χ2n) is 9.09. The molecule has 0 amide bonds. The number of halogens is 1. The molecule has 3 aromatic carbocycles. The van der Waals surface area contributed by atoms with E-state index in [1.165, 1.54) is 0 Å². The molecule has 4 aromatic rings. The van der Waals surface area contributed by atoms with Gasteiger partial charge in [0, 0.05) is 40.9 Å². The number of aliphatic carboxylic acids is 1. The Balaban J connectivity index is 1.40. The molecule has 2 heterocycles.